The molecule has 2 aliphatic heterocycles. The zero-order valence-electron chi connectivity index (χ0n) is 20.5. The lowest BCUT2D eigenvalue weighted by Crippen LogP contribution is -2.35. The summed E-state index contributed by atoms with van der Waals surface area (Å²) in [6, 6.07) is 19.8. The van der Waals surface area contributed by atoms with E-state index in [1.807, 2.05) is 56.3 Å². The van der Waals surface area contributed by atoms with Gasteiger partial charge < -0.3 is 20.1 Å². The van der Waals surface area contributed by atoms with Crippen LogP contribution in [0.25, 0.3) is 0 Å². The fourth-order valence-corrected chi connectivity index (χ4v) is 5.78. The lowest BCUT2D eigenvalue weighted by atomic mass is 10.0. The molecule has 3 aromatic rings. The maximum Gasteiger partial charge on any atom is 0.268 e. The number of rotatable bonds is 7. The lowest BCUT2D eigenvalue weighted by molar-refractivity contribution is 0.0772. The Balaban J connectivity index is 1.18. The molecule has 2 aliphatic rings. The van der Waals surface area contributed by atoms with Gasteiger partial charge in [-0.15, -0.1) is 0 Å². The van der Waals surface area contributed by atoms with Crippen molar-refractivity contribution < 1.29 is 9.59 Å². The van der Waals surface area contributed by atoms with Gasteiger partial charge in [0, 0.05) is 44.5 Å². The number of benzene rings is 2. The molecule has 2 saturated heterocycles. The van der Waals surface area contributed by atoms with E-state index in [0.29, 0.717) is 17.5 Å². The van der Waals surface area contributed by atoms with Gasteiger partial charge in [-0.3, -0.25) is 9.59 Å². The minimum atomic E-state index is -0.0807. The van der Waals surface area contributed by atoms with Crippen LogP contribution in [0.4, 0.5) is 0 Å². The standard InChI is InChI=1S/C29H34N4O2/c1-20-8-6-9-21(2)27(20)29(35)33-18-23-16-32(17-24(23)19-33)15-13-25(22-10-4-3-5-11-22)31-28(34)26-12-7-14-30-26/h3-12,14,23-25,30H,13,15-19H2,1-2H3,(H,31,34)/t23?,24?,25-/m0/s1. The van der Waals surface area contributed by atoms with Crippen molar-refractivity contribution in [3.8, 4) is 0 Å². The van der Waals surface area contributed by atoms with Crippen LogP contribution in [0.2, 0.25) is 0 Å². The Kier molecular flexibility index (Phi) is 6.73. The van der Waals surface area contributed by atoms with E-state index in [9.17, 15) is 9.59 Å². The third kappa shape index (κ3) is 5.03. The third-order valence-corrected chi connectivity index (χ3v) is 7.63. The molecule has 2 aromatic carbocycles. The Morgan fingerprint density at radius 1 is 0.914 bits per heavy atom. The molecule has 0 aliphatic carbocycles. The van der Waals surface area contributed by atoms with Crippen LogP contribution in [-0.4, -0.2) is 59.3 Å². The first-order valence-electron chi connectivity index (χ1n) is 12.6. The highest BCUT2D eigenvalue weighted by Crippen LogP contribution is 2.33. The molecular weight excluding hydrogens is 436 g/mol. The summed E-state index contributed by atoms with van der Waals surface area (Å²) in [4.78, 5) is 33.5. The van der Waals surface area contributed by atoms with Gasteiger partial charge in [-0.05, 0) is 60.9 Å². The average Bonchev–Trinajstić information content (AvgIpc) is 3.59. The Morgan fingerprint density at radius 3 is 2.23 bits per heavy atom. The molecule has 2 amide bonds. The van der Waals surface area contributed by atoms with Crippen LogP contribution >= 0.6 is 0 Å². The second-order valence-electron chi connectivity index (χ2n) is 10.1. The van der Waals surface area contributed by atoms with E-state index in [2.05, 4.69) is 32.2 Å². The molecule has 2 fully saturated rings. The highest BCUT2D eigenvalue weighted by atomic mass is 16.2. The Bertz CT molecular complexity index is 1140. The Morgan fingerprint density at radius 2 is 1.60 bits per heavy atom. The van der Waals surface area contributed by atoms with Crippen LogP contribution in [0.15, 0.2) is 66.9 Å². The third-order valence-electron chi connectivity index (χ3n) is 7.63. The van der Waals surface area contributed by atoms with Crippen molar-refractivity contribution in [1.29, 1.82) is 0 Å². The topological polar surface area (TPSA) is 68.4 Å². The molecule has 0 bridgehead atoms. The normalized spacial score (nSPS) is 20.6. The van der Waals surface area contributed by atoms with Gasteiger partial charge in [0.2, 0.25) is 0 Å². The highest BCUT2D eigenvalue weighted by molar-refractivity contribution is 5.97. The van der Waals surface area contributed by atoms with E-state index in [1.165, 1.54) is 0 Å². The van der Waals surface area contributed by atoms with Gasteiger partial charge in [-0.1, -0.05) is 48.5 Å². The average molecular weight is 471 g/mol. The van der Waals surface area contributed by atoms with E-state index in [0.717, 1.165) is 61.4 Å². The number of carbonyl (C=O) groups is 2. The molecule has 3 atom stereocenters. The van der Waals surface area contributed by atoms with Gasteiger partial charge in [0.15, 0.2) is 0 Å². The second-order valence-corrected chi connectivity index (χ2v) is 10.1. The molecule has 6 heteroatoms. The summed E-state index contributed by atoms with van der Waals surface area (Å²) in [5.41, 5.74) is 4.68. The maximum absolute atomic E-state index is 13.2. The fraction of sp³-hybridized carbons (Fsp3) is 0.379. The monoisotopic (exact) mass is 470 g/mol. The zero-order chi connectivity index (χ0) is 24.4. The molecule has 5 rings (SSSR count). The largest absolute Gasteiger partial charge is 0.357 e. The second kappa shape index (κ2) is 10.1. The fourth-order valence-electron chi connectivity index (χ4n) is 5.78. The number of amides is 2. The molecule has 0 radical (unpaired) electrons. The number of aryl methyl sites for hydroxylation is 2. The number of carbonyl (C=O) groups excluding carboxylic acids is 2. The minimum Gasteiger partial charge on any atom is -0.357 e. The predicted octanol–water partition coefficient (Wildman–Crippen LogP) is 4.20. The van der Waals surface area contributed by atoms with Gasteiger partial charge in [0.05, 0.1) is 6.04 Å². The van der Waals surface area contributed by atoms with Crippen molar-refractivity contribution in [2.75, 3.05) is 32.7 Å². The van der Waals surface area contributed by atoms with Crippen LogP contribution < -0.4 is 5.32 Å². The van der Waals surface area contributed by atoms with Gasteiger partial charge in [0.25, 0.3) is 11.8 Å². The summed E-state index contributed by atoms with van der Waals surface area (Å²) >= 11 is 0. The number of nitrogens with one attached hydrogen (secondary N) is 2. The lowest BCUT2D eigenvalue weighted by Gasteiger charge is -2.25. The van der Waals surface area contributed by atoms with Gasteiger partial charge >= 0.3 is 0 Å². The summed E-state index contributed by atoms with van der Waals surface area (Å²) in [5, 5.41) is 3.21. The first kappa shape index (κ1) is 23.4. The summed E-state index contributed by atoms with van der Waals surface area (Å²) < 4.78 is 0. The Labute approximate surface area is 207 Å². The molecule has 2 unspecified atom stereocenters. The number of hydrogen-bond acceptors (Lipinski definition) is 3. The number of H-pyrrole nitrogens is 1. The molecule has 1 aromatic heterocycles. The SMILES string of the molecule is Cc1cccc(C)c1C(=O)N1CC2CN(CC[C@H](NC(=O)c3ccc[nH]3)c3ccccc3)CC2C1. The molecule has 0 spiro atoms. The van der Waals surface area contributed by atoms with Crippen LogP contribution in [0.3, 0.4) is 0 Å². The summed E-state index contributed by atoms with van der Waals surface area (Å²) in [5.74, 6) is 1.14. The van der Waals surface area contributed by atoms with Crippen LogP contribution in [-0.2, 0) is 0 Å². The predicted molar refractivity (Wildman–Crippen MR) is 137 cm³/mol. The maximum atomic E-state index is 13.2. The van der Waals surface area contributed by atoms with Crippen molar-refractivity contribution in [2.24, 2.45) is 11.8 Å². The van der Waals surface area contributed by atoms with Gasteiger partial charge in [-0.2, -0.15) is 0 Å². The number of likely N-dealkylation sites (tertiary alicyclic amines) is 2. The minimum absolute atomic E-state index is 0.0467. The summed E-state index contributed by atoms with van der Waals surface area (Å²) in [6.45, 7) is 8.65. The first-order valence-corrected chi connectivity index (χ1v) is 12.6. The van der Waals surface area contributed by atoms with Crippen LogP contribution in [0, 0.1) is 25.7 Å². The number of aromatic nitrogens is 1. The smallest absolute Gasteiger partial charge is 0.268 e. The molecule has 182 valence electrons. The molecule has 0 saturated carbocycles. The molecule has 3 heterocycles. The molecular formula is C29H34N4O2. The zero-order valence-corrected chi connectivity index (χ0v) is 20.5. The quantitative estimate of drug-likeness (QED) is 0.544. The van der Waals surface area contributed by atoms with Crippen molar-refractivity contribution >= 4 is 11.8 Å². The van der Waals surface area contributed by atoms with Crippen LogP contribution in [0.1, 0.15) is 50.0 Å². The Hall–Kier alpha value is -3.38. The molecule has 35 heavy (non-hydrogen) atoms. The van der Waals surface area contributed by atoms with Crippen molar-refractivity contribution in [2.45, 2.75) is 26.3 Å². The van der Waals surface area contributed by atoms with Crippen molar-refractivity contribution in [3.05, 3.63) is 94.8 Å². The van der Waals surface area contributed by atoms with E-state index in [-0.39, 0.29) is 17.9 Å². The number of aromatic amines is 1. The number of hydrogen-bond donors (Lipinski definition) is 2. The number of fused-ring (bicyclic) bond motifs is 1. The summed E-state index contributed by atoms with van der Waals surface area (Å²) in [7, 11) is 0. The van der Waals surface area contributed by atoms with Crippen molar-refractivity contribution in [3.63, 3.8) is 0 Å². The first-order chi connectivity index (χ1) is 17.0. The van der Waals surface area contributed by atoms with Crippen molar-refractivity contribution in [1.82, 2.24) is 20.1 Å². The van der Waals surface area contributed by atoms with Gasteiger partial charge in [0.1, 0.15) is 5.69 Å². The van der Waals surface area contributed by atoms with E-state index in [4.69, 9.17) is 0 Å². The number of nitrogens with zero attached hydrogens (tertiary/aromatic N) is 2. The van der Waals surface area contributed by atoms with Crippen LogP contribution in [0.5, 0.6) is 0 Å². The highest BCUT2D eigenvalue weighted by Gasteiger charge is 2.42. The molecule has 6 nitrogen and oxygen atoms in total. The van der Waals surface area contributed by atoms with E-state index >= 15 is 0 Å². The van der Waals surface area contributed by atoms with Gasteiger partial charge in [-0.25, -0.2) is 0 Å². The summed E-state index contributed by atoms with van der Waals surface area (Å²) in [6.07, 6.45) is 2.62. The van der Waals surface area contributed by atoms with E-state index < -0.39 is 0 Å². The van der Waals surface area contributed by atoms with E-state index in [1.54, 1.807) is 12.3 Å². The molecule has 2 N–H and O–H groups in total.